The number of phosphoric ester groups is 2. The number of carbonyl (C=O) groups excluding carboxylic acids is 3. The van der Waals surface area contributed by atoms with Crippen LogP contribution in [0.3, 0.4) is 0 Å². The number of imidazole rings is 1. The molecule has 5 heterocycles. The Balaban J connectivity index is 0.960. The fraction of sp³-hybridized carbons (Fsp3) is 0.680. The highest BCUT2D eigenvalue weighted by molar-refractivity contribution is 8.00. The van der Waals surface area contributed by atoms with Gasteiger partial charge in [0.25, 0.3) is 7.82 Å². The molecule has 8 N–H and O–H groups in total. The molecule has 296 valence electrons. The molecule has 2 aromatic heterocycles. The highest BCUT2D eigenvalue weighted by atomic mass is 32.2. The lowest BCUT2D eigenvalue weighted by Crippen LogP contribution is -2.36. The molecule has 53 heavy (non-hydrogen) atoms. The third-order valence-corrected chi connectivity index (χ3v) is 13.9. The SMILES string of the molecule is Nc1ncnc2c1ncn2[C@@H]1O[C@H](COP(=O)(O)OP(=O)([O-])OP(=O)([O-])OC(=O)CCCCNC(=O)CCCC[C@@H]2SC[C@@H]3NC(=O)N[C@@H]32)C(O)[C@@H]1O. The lowest BCUT2D eigenvalue weighted by atomic mass is 10.0. The van der Waals surface area contributed by atoms with Gasteiger partial charge in [-0.2, -0.15) is 11.8 Å². The van der Waals surface area contributed by atoms with Gasteiger partial charge < -0.3 is 55.8 Å². The maximum Gasteiger partial charge on any atom is 0.478 e. The predicted octanol–water partition coefficient (Wildman–Crippen LogP) is -1.33. The number of nitrogens with one attached hydrogen (secondary N) is 3. The van der Waals surface area contributed by atoms with Crippen LogP contribution in [-0.4, -0.2) is 107 Å². The van der Waals surface area contributed by atoms with Gasteiger partial charge in [-0.1, -0.05) is 6.42 Å². The summed E-state index contributed by atoms with van der Waals surface area (Å²) in [6.45, 7) is -0.892. The fourth-order valence-electron chi connectivity index (χ4n) is 5.78. The molecule has 5 rings (SSSR count). The molecule has 4 unspecified atom stereocenters. The number of anilines is 1. The van der Waals surface area contributed by atoms with Crippen LogP contribution >= 0.6 is 35.2 Å². The molecule has 3 amide bonds. The van der Waals surface area contributed by atoms with E-state index in [1.54, 1.807) is 11.8 Å². The molecule has 0 bridgehead atoms. The van der Waals surface area contributed by atoms with Gasteiger partial charge in [0.1, 0.15) is 30.2 Å². The number of aliphatic hydroxyl groups is 2. The Kier molecular flexibility index (Phi) is 13.6. The lowest BCUT2D eigenvalue weighted by Gasteiger charge is -2.30. The molecule has 3 aliphatic rings. The van der Waals surface area contributed by atoms with Gasteiger partial charge in [0, 0.05) is 30.4 Å². The Bertz CT molecular complexity index is 1810. The van der Waals surface area contributed by atoms with Crippen molar-refractivity contribution in [3.8, 4) is 0 Å². The van der Waals surface area contributed by atoms with Crippen LogP contribution in [0.2, 0.25) is 0 Å². The molecule has 2 aromatic rings. The summed E-state index contributed by atoms with van der Waals surface area (Å²) in [7, 11) is -17.9. The normalized spacial score (nSPS) is 28.7. The summed E-state index contributed by atoms with van der Waals surface area (Å²) < 4.78 is 59.2. The van der Waals surface area contributed by atoms with Crippen LogP contribution in [0.4, 0.5) is 10.6 Å². The molecule has 0 aliphatic carbocycles. The van der Waals surface area contributed by atoms with Crippen LogP contribution in [0.15, 0.2) is 12.7 Å². The number of urea groups is 1. The molecule has 0 spiro atoms. The van der Waals surface area contributed by atoms with Crippen LogP contribution in [0, 0.1) is 0 Å². The van der Waals surface area contributed by atoms with Crippen molar-refractivity contribution in [1.29, 1.82) is 0 Å². The van der Waals surface area contributed by atoms with Gasteiger partial charge in [-0.3, -0.25) is 27.8 Å². The number of aromatic nitrogens is 4. The van der Waals surface area contributed by atoms with Crippen molar-refractivity contribution < 1.29 is 75.4 Å². The second kappa shape index (κ2) is 17.4. The third kappa shape index (κ3) is 11.2. The molecule has 0 radical (unpaired) electrons. The Morgan fingerprint density at radius 2 is 1.81 bits per heavy atom. The first-order valence-corrected chi connectivity index (χ1v) is 21.5. The van der Waals surface area contributed by atoms with E-state index in [0.717, 1.165) is 24.9 Å². The minimum atomic E-state index is -6.24. The van der Waals surface area contributed by atoms with Crippen molar-refractivity contribution in [3.63, 3.8) is 0 Å². The zero-order chi connectivity index (χ0) is 38.6. The van der Waals surface area contributed by atoms with Crippen molar-refractivity contribution in [3.05, 3.63) is 12.7 Å². The van der Waals surface area contributed by atoms with Crippen LogP contribution in [0.5, 0.6) is 0 Å². The second-order valence-electron chi connectivity index (χ2n) is 12.1. The summed E-state index contributed by atoms with van der Waals surface area (Å²) in [4.78, 5) is 81.3. The van der Waals surface area contributed by atoms with E-state index in [9.17, 15) is 53.0 Å². The Morgan fingerprint density at radius 1 is 1.06 bits per heavy atom. The number of nitrogens with two attached hydrogens (primary N) is 1. The first-order valence-electron chi connectivity index (χ1n) is 16.1. The average Bonchev–Trinajstić information content (AvgIpc) is 3.81. The standard InChI is InChI=1S/C25H39N8O16P3S/c26-22-19-23(29-11-28-22)33(12-30-19)24-21(37)20(36)14(46-24)9-45-50(39,40)48-52(43,44)49-51(41,42)47-17(35)7-3-4-8-27-16(34)6-2-1-5-15-18-13(10-53-15)31-25(38)32-18/h11-15,18,20-21,24,36-37H,1-10H2,(H,27,34)(H,39,40)(H,41,42)(H,43,44)(H2,26,28,29)(H2,31,32,38)/p-2/t13-,14+,15-,18-,20?,21-,24+/m0/s1. The summed E-state index contributed by atoms with van der Waals surface area (Å²) >= 11 is 1.78. The minimum Gasteiger partial charge on any atom is -0.756 e. The third-order valence-electron chi connectivity index (χ3n) is 8.23. The molecule has 0 aromatic carbocycles. The minimum absolute atomic E-state index is 0.00980. The number of nitrogens with zero attached hydrogens (tertiary/aromatic N) is 4. The largest absolute Gasteiger partial charge is 0.756 e. The molecule has 3 fully saturated rings. The number of amides is 3. The van der Waals surface area contributed by atoms with Crippen molar-refractivity contribution in [2.75, 3.05) is 24.6 Å². The van der Waals surface area contributed by atoms with Crippen LogP contribution in [0.25, 0.3) is 11.2 Å². The Morgan fingerprint density at radius 3 is 2.58 bits per heavy atom. The number of rotatable bonds is 19. The average molecular weight is 831 g/mol. The second-order valence-corrected chi connectivity index (χ2v) is 17.8. The summed E-state index contributed by atoms with van der Waals surface area (Å²) in [6, 6.07) is 0.0589. The molecule has 0 saturated carbocycles. The monoisotopic (exact) mass is 830 g/mol. The van der Waals surface area contributed by atoms with Gasteiger partial charge in [0.2, 0.25) is 5.91 Å². The van der Waals surface area contributed by atoms with Gasteiger partial charge in [-0.05, 0) is 25.7 Å². The van der Waals surface area contributed by atoms with E-state index in [4.69, 9.17) is 10.5 Å². The fourth-order valence-corrected chi connectivity index (χ4v) is 10.7. The molecule has 3 saturated heterocycles. The predicted molar refractivity (Wildman–Crippen MR) is 176 cm³/mol. The van der Waals surface area contributed by atoms with E-state index in [1.807, 2.05) is 0 Å². The molecule has 10 atom stereocenters. The number of aliphatic hydroxyl groups excluding tert-OH is 2. The molecule has 24 nitrogen and oxygen atoms in total. The van der Waals surface area contributed by atoms with Gasteiger partial charge in [0.05, 0.1) is 25.0 Å². The topological polar surface area (TPSA) is 361 Å². The van der Waals surface area contributed by atoms with E-state index in [0.29, 0.717) is 6.42 Å². The van der Waals surface area contributed by atoms with Crippen molar-refractivity contribution in [2.24, 2.45) is 0 Å². The van der Waals surface area contributed by atoms with Crippen molar-refractivity contribution in [2.45, 2.75) is 86.8 Å². The van der Waals surface area contributed by atoms with Crippen LogP contribution in [0.1, 0.15) is 51.2 Å². The number of unbranched alkanes of at least 4 members (excludes halogenated alkanes) is 2. The number of hydrogen-bond donors (Lipinski definition) is 7. The van der Waals surface area contributed by atoms with E-state index in [1.165, 1.54) is 10.9 Å². The van der Waals surface area contributed by atoms with Crippen LogP contribution in [-0.2, 0) is 45.7 Å². The molecule has 28 heteroatoms. The highest BCUT2D eigenvalue weighted by Gasteiger charge is 2.46. The number of ether oxygens (including phenoxy) is 1. The zero-order valence-corrected chi connectivity index (χ0v) is 31.0. The quantitative estimate of drug-likeness (QED) is 0.0490. The van der Waals surface area contributed by atoms with Crippen molar-refractivity contribution >= 4 is 70.1 Å². The van der Waals surface area contributed by atoms with E-state index in [2.05, 4.69) is 48.6 Å². The Hall–Kier alpha value is -2.76. The van der Waals surface area contributed by atoms with E-state index >= 15 is 0 Å². The first-order chi connectivity index (χ1) is 24.9. The molecular weight excluding hydrogens is 793 g/mol. The summed E-state index contributed by atoms with van der Waals surface area (Å²) in [5.41, 5.74) is 5.99. The van der Waals surface area contributed by atoms with Gasteiger partial charge in [0.15, 0.2) is 17.7 Å². The smallest absolute Gasteiger partial charge is 0.478 e. The zero-order valence-electron chi connectivity index (χ0n) is 27.5. The first kappa shape index (κ1) is 41.4. The maximum absolute atomic E-state index is 12.3. The van der Waals surface area contributed by atoms with E-state index in [-0.39, 0.29) is 72.1 Å². The van der Waals surface area contributed by atoms with E-state index < -0.39 is 67.0 Å². The Labute approximate surface area is 304 Å². The molecule has 3 aliphatic heterocycles. The number of phosphoric acid groups is 3. The maximum atomic E-state index is 12.3. The van der Waals surface area contributed by atoms with Crippen LogP contribution < -0.4 is 31.5 Å². The molecular formula is C25H37N8O16P3S-2. The summed E-state index contributed by atoms with van der Waals surface area (Å²) in [5, 5.41) is 29.6. The number of hydrogen-bond acceptors (Lipinski definition) is 20. The van der Waals surface area contributed by atoms with Gasteiger partial charge in [-0.25, -0.2) is 32.9 Å². The summed E-state index contributed by atoms with van der Waals surface area (Å²) in [6.07, 6.45) is -1.75. The number of thioether (sulfide) groups is 1. The van der Waals surface area contributed by atoms with Gasteiger partial charge in [-0.15, -0.1) is 0 Å². The van der Waals surface area contributed by atoms with Gasteiger partial charge >= 0.3 is 27.6 Å². The highest BCUT2D eigenvalue weighted by Crippen LogP contribution is 2.64. The number of nitrogen functional groups attached to an aromatic ring is 1. The lowest BCUT2D eigenvalue weighted by molar-refractivity contribution is -0.238. The van der Waals surface area contributed by atoms with Crippen molar-refractivity contribution in [1.82, 2.24) is 35.5 Å². The number of fused-ring (bicyclic) bond motifs is 2. The summed E-state index contributed by atoms with van der Waals surface area (Å²) in [5.74, 6) is -0.777. The number of carbonyl (C=O) groups is 3.